The third-order valence-corrected chi connectivity index (χ3v) is 5.93. The molecule has 0 fully saturated rings. The first kappa shape index (κ1) is 29.2. The summed E-state index contributed by atoms with van der Waals surface area (Å²) in [5.41, 5.74) is 4.97. The molecule has 9 nitrogen and oxygen atoms in total. The fraction of sp³-hybridized carbons (Fsp3) is 0.207. The van der Waals surface area contributed by atoms with Crippen molar-refractivity contribution in [3.05, 3.63) is 90.1 Å². The second-order valence-electron chi connectivity index (χ2n) is 9.50. The van der Waals surface area contributed by atoms with Crippen LogP contribution in [0.15, 0.2) is 79.0 Å². The van der Waals surface area contributed by atoms with E-state index in [0.717, 1.165) is 30.1 Å². The van der Waals surface area contributed by atoms with Crippen LogP contribution in [-0.2, 0) is 6.54 Å². The molecule has 12 heteroatoms. The first-order chi connectivity index (χ1) is 19.4. The molecule has 1 aromatic heterocycles. The van der Waals surface area contributed by atoms with Gasteiger partial charge in [-0.15, -0.1) is 13.2 Å². The molecule has 0 aliphatic heterocycles. The van der Waals surface area contributed by atoms with Crippen LogP contribution < -0.4 is 25.6 Å². The molecule has 0 aliphatic carbocycles. The summed E-state index contributed by atoms with van der Waals surface area (Å²) in [6.07, 6.45) is -3.10. The lowest BCUT2D eigenvalue weighted by atomic mass is 10.1. The number of anilines is 6. The van der Waals surface area contributed by atoms with E-state index in [9.17, 15) is 18.0 Å². The number of hydrogen-bond acceptors (Lipinski definition) is 7. The average Bonchev–Trinajstić information content (AvgIpc) is 2.91. The van der Waals surface area contributed by atoms with Crippen LogP contribution in [0.3, 0.4) is 0 Å². The Bertz CT molecular complexity index is 1480. The molecule has 0 bridgehead atoms. The highest BCUT2D eigenvalue weighted by molar-refractivity contribution is 5.99. The number of halogens is 3. The third kappa shape index (κ3) is 8.57. The summed E-state index contributed by atoms with van der Waals surface area (Å²) >= 11 is 0. The van der Waals surface area contributed by atoms with Gasteiger partial charge >= 0.3 is 12.4 Å². The van der Waals surface area contributed by atoms with Crippen molar-refractivity contribution in [2.75, 3.05) is 42.0 Å². The molecule has 0 aliphatic rings. The monoisotopic (exact) mass is 565 g/mol. The van der Waals surface area contributed by atoms with Crippen molar-refractivity contribution in [3.63, 3.8) is 0 Å². The minimum atomic E-state index is -4.78. The van der Waals surface area contributed by atoms with Crippen LogP contribution in [0.4, 0.5) is 52.5 Å². The van der Waals surface area contributed by atoms with Crippen molar-refractivity contribution < 1.29 is 22.7 Å². The quantitative estimate of drug-likeness (QED) is 0.203. The molecular formula is C29H30F3N7O2. The minimum absolute atomic E-state index is 0.307. The van der Waals surface area contributed by atoms with E-state index in [-0.39, 0.29) is 5.75 Å². The predicted molar refractivity (Wildman–Crippen MR) is 154 cm³/mol. The summed E-state index contributed by atoms with van der Waals surface area (Å²) in [4.78, 5) is 25.3. The molecular weight excluding hydrogens is 535 g/mol. The van der Waals surface area contributed by atoms with Gasteiger partial charge in [0.25, 0.3) is 0 Å². The summed E-state index contributed by atoms with van der Waals surface area (Å²) in [7, 11) is 5.93. The van der Waals surface area contributed by atoms with E-state index < -0.39 is 12.4 Å². The number of aryl methyl sites for hydroxylation is 1. The predicted octanol–water partition coefficient (Wildman–Crippen LogP) is 6.90. The minimum Gasteiger partial charge on any atom is -0.406 e. The van der Waals surface area contributed by atoms with Gasteiger partial charge < -0.3 is 30.5 Å². The number of alkyl halides is 3. The standard InChI is InChI=1S/C29H30F3N7O2/c1-19-5-6-23(17-20(19)18-38(2)3)34-27-33-16-15-26(37-27)39(4)24-11-7-21(8-12-24)35-28(40)36-22-9-13-25(14-10-22)41-29(30,31)32/h5-17H,18H2,1-4H3,(H,33,34,37)(H2,35,36,40). The van der Waals surface area contributed by atoms with E-state index in [1.807, 2.05) is 44.2 Å². The van der Waals surface area contributed by atoms with E-state index >= 15 is 0 Å². The smallest absolute Gasteiger partial charge is 0.406 e. The molecule has 4 aromatic rings. The molecule has 4 rings (SSSR count). The molecule has 0 unspecified atom stereocenters. The highest BCUT2D eigenvalue weighted by Gasteiger charge is 2.31. The number of hydrogen-bond donors (Lipinski definition) is 3. The van der Waals surface area contributed by atoms with Crippen LogP contribution in [-0.4, -0.2) is 48.4 Å². The van der Waals surface area contributed by atoms with Crippen molar-refractivity contribution >= 4 is 40.5 Å². The molecule has 41 heavy (non-hydrogen) atoms. The first-order valence-electron chi connectivity index (χ1n) is 12.6. The van der Waals surface area contributed by atoms with Crippen molar-refractivity contribution in [1.82, 2.24) is 14.9 Å². The number of rotatable bonds is 9. The van der Waals surface area contributed by atoms with E-state index in [0.29, 0.717) is 23.1 Å². The van der Waals surface area contributed by atoms with Gasteiger partial charge in [-0.1, -0.05) is 6.07 Å². The van der Waals surface area contributed by atoms with E-state index in [4.69, 9.17) is 0 Å². The summed E-state index contributed by atoms with van der Waals surface area (Å²) in [5, 5.41) is 8.53. The third-order valence-electron chi connectivity index (χ3n) is 5.93. The van der Waals surface area contributed by atoms with Crippen LogP contribution in [0.5, 0.6) is 5.75 Å². The molecule has 0 radical (unpaired) electrons. The van der Waals surface area contributed by atoms with E-state index in [1.54, 1.807) is 24.4 Å². The zero-order valence-corrected chi connectivity index (χ0v) is 23.0. The van der Waals surface area contributed by atoms with Crippen molar-refractivity contribution in [2.45, 2.75) is 19.8 Å². The molecule has 0 saturated heterocycles. The Balaban J connectivity index is 1.36. The largest absolute Gasteiger partial charge is 0.573 e. The second kappa shape index (κ2) is 12.6. The second-order valence-corrected chi connectivity index (χ2v) is 9.50. The highest BCUT2D eigenvalue weighted by Crippen LogP contribution is 2.26. The fourth-order valence-corrected chi connectivity index (χ4v) is 3.92. The number of nitrogens with one attached hydrogen (secondary N) is 3. The molecule has 1 heterocycles. The lowest BCUT2D eigenvalue weighted by Gasteiger charge is -2.19. The van der Waals surface area contributed by atoms with Crippen LogP contribution in [0.25, 0.3) is 0 Å². The van der Waals surface area contributed by atoms with Gasteiger partial charge in [-0.05, 0) is 98.9 Å². The van der Waals surface area contributed by atoms with Gasteiger partial charge in [0.1, 0.15) is 11.6 Å². The van der Waals surface area contributed by atoms with Crippen LogP contribution in [0.2, 0.25) is 0 Å². The van der Waals surface area contributed by atoms with Crippen LogP contribution in [0, 0.1) is 6.92 Å². The zero-order valence-electron chi connectivity index (χ0n) is 23.0. The molecule has 3 N–H and O–H groups in total. The molecule has 0 spiro atoms. The molecule has 0 atom stereocenters. The summed E-state index contributed by atoms with van der Waals surface area (Å²) < 4.78 is 40.7. The lowest BCUT2D eigenvalue weighted by molar-refractivity contribution is -0.274. The maximum atomic E-state index is 12.3. The Morgan fingerprint density at radius 3 is 2.10 bits per heavy atom. The Morgan fingerprint density at radius 1 is 0.878 bits per heavy atom. The van der Waals surface area contributed by atoms with Gasteiger partial charge in [0.15, 0.2) is 0 Å². The maximum absolute atomic E-state index is 12.3. The number of urea groups is 1. The number of benzene rings is 3. The zero-order chi connectivity index (χ0) is 29.6. The fourth-order valence-electron chi connectivity index (χ4n) is 3.92. The molecule has 0 saturated carbocycles. The normalized spacial score (nSPS) is 11.2. The van der Waals surface area contributed by atoms with E-state index in [2.05, 4.69) is 54.6 Å². The molecule has 3 aromatic carbocycles. The highest BCUT2D eigenvalue weighted by atomic mass is 19.4. The number of amides is 2. The van der Waals surface area contributed by atoms with Gasteiger partial charge in [-0.25, -0.2) is 9.78 Å². The van der Waals surface area contributed by atoms with Crippen LogP contribution in [0.1, 0.15) is 11.1 Å². The number of nitrogens with zero attached hydrogens (tertiary/aromatic N) is 4. The number of aromatic nitrogens is 2. The summed E-state index contributed by atoms with van der Waals surface area (Å²) in [5.74, 6) is 0.751. The Morgan fingerprint density at radius 2 is 1.49 bits per heavy atom. The Hall–Kier alpha value is -4.84. The number of ether oxygens (including phenoxy) is 1. The number of carbonyl (C=O) groups is 1. The molecule has 2 amide bonds. The Kier molecular flexibility index (Phi) is 8.93. The number of carbonyl (C=O) groups excluding carboxylic acids is 1. The van der Waals surface area contributed by atoms with E-state index in [1.165, 1.54) is 23.3 Å². The topological polar surface area (TPSA) is 94.7 Å². The van der Waals surface area contributed by atoms with Crippen LogP contribution >= 0.6 is 0 Å². The summed E-state index contributed by atoms with van der Waals surface area (Å²) in [6, 6.07) is 19.3. The van der Waals surface area contributed by atoms with Crippen molar-refractivity contribution in [3.8, 4) is 5.75 Å². The Labute approximate surface area is 236 Å². The van der Waals surface area contributed by atoms with Gasteiger partial charge in [-0.2, -0.15) is 4.98 Å². The first-order valence-corrected chi connectivity index (χ1v) is 12.6. The lowest BCUT2D eigenvalue weighted by Crippen LogP contribution is -2.20. The van der Waals surface area contributed by atoms with Gasteiger partial charge in [0.2, 0.25) is 5.95 Å². The van der Waals surface area contributed by atoms with Gasteiger partial charge in [0.05, 0.1) is 0 Å². The van der Waals surface area contributed by atoms with Gasteiger partial charge in [0, 0.05) is 42.5 Å². The van der Waals surface area contributed by atoms with Crippen molar-refractivity contribution in [2.24, 2.45) is 0 Å². The SMILES string of the molecule is Cc1ccc(Nc2nccc(N(C)c3ccc(NC(=O)Nc4ccc(OC(F)(F)F)cc4)cc3)n2)cc1CN(C)C. The molecule has 214 valence electrons. The average molecular weight is 566 g/mol. The summed E-state index contributed by atoms with van der Waals surface area (Å²) in [6.45, 7) is 2.91. The maximum Gasteiger partial charge on any atom is 0.573 e. The van der Waals surface area contributed by atoms with Gasteiger partial charge in [-0.3, -0.25) is 0 Å². The van der Waals surface area contributed by atoms with Crippen molar-refractivity contribution in [1.29, 1.82) is 0 Å².